The van der Waals surface area contributed by atoms with Crippen LogP contribution in [0.4, 0.5) is 4.39 Å². The SMILES string of the molecule is CC(C)C(C#N)NCCc1ccccc1F. The fourth-order valence-corrected chi connectivity index (χ4v) is 1.49. The second kappa shape index (κ2) is 6.24. The van der Waals surface area contributed by atoms with Gasteiger partial charge in [-0.25, -0.2) is 4.39 Å². The van der Waals surface area contributed by atoms with Crippen molar-refractivity contribution in [3.05, 3.63) is 35.6 Å². The monoisotopic (exact) mass is 220 g/mol. The zero-order chi connectivity index (χ0) is 12.0. The van der Waals surface area contributed by atoms with Crippen LogP contribution in [0.25, 0.3) is 0 Å². The van der Waals surface area contributed by atoms with Gasteiger partial charge < -0.3 is 5.32 Å². The average molecular weight is 220 g/mol. The van der Waals surface area contributed by atoms with Gasteiger partial charge in [-0.2, -0.15) is 5.26 Å². The molecule has 86 valence electrons. The first-order chi connectivity index (χ1) is 7.65. The first kappa shape index (κ1) is 12.7. The topological polar surface area (TPSA) is 35.8 Å². The summed E-state index contributed by atoms with van der Waals surface area (Å²) in [5.41, 5.74) is 0.690. The third kappa shape index (κ3) is 3.63. The van der Waals surface area contributed by atoms with E-state index in [9.17, 15) is 4.39 Å². The highest BCUT2D eigenvalue weighted by molar-refractivity contribution is 5.17. The minimum absolute atomic E-state index is 0.160. The van der Waals surface area contributed by atoms with Crippen molar-refractivity contribution in [1.82, 2.24) is 5.32 Å². The molecule has 16 heavy (non-hydrogen) atoms. The Bertz CT molecular complexity index is 368. The van der Waals surface area contributed by atoms with Crippen molar-refractivity contribution in [3.63, 3.8) is 0 Å². The predicted molar refractivity (Wildman–Crippen MR) is 62.3 cm³/mol. The summed E-state index contributed by atoms with van der Waals surface area (Å²) in [4.78, 5) is 0. The molecule has 1 N–H and O–H groups in total. The van der Waals surface area contributed by atoms with Crippen LogP contribution in [0.3, 0.4) is 0 Å². The molecule has 0 saturated heterocycles. The molecule has 1 aromatic rings. The van der Waals surface area contributed by atoms with Gasteiger partial charge in [0.05, 0.1) is 12.1 Å². The van der Waals surface area contributed by atoms with E-state index in [2.05, 4.69) is 11.4 Å². The Morgan fingerprint density at radius 3 is 2.62 bits per heavy atom. The Morgan fingerprint density at radius 1 is 1.38 bits per heavy atom. The second-order valence-electron chi connectivity index (χ2n) is 4.15. The van der Waals surface area contributed by atoms with Gasteiger partial charge in [0, 0.05) is 6.54 Å². The van der Waals surface area contributed by atoms with Crippen molar-refractivity contribution >= 4 is 0 Å². The predicted octanol–water partition coefficient (Wildman–Crippen LogP) is 2.51. The lowest BCUT2D eigenvalue weighted by Crippen LogP contribution is -2.33. The van der Waals surface area contributed by atoms with E-state index in [-0.39, 0.29) is 17.8 Å². The average Bonchev–Trinajstić information content (AvgIpc) is 2.26. The number of rotatable bonds is 5. The standard InChI is InChI=1S/C13H17FN2/c1-10(2)13(9-15)16-8-7-11-5-3-4-6-12(11)14/h3-6,10,13,16H,7-8H2,1-2H3. The highest BCUT2D eigenvalue weighted by Crippen LogP contribution is 2.07. The summed E-state index contributed by atoms with van der Waals surface area (Å²) in [5, 5.41) is 12.0. The molecule has 0 aliphatic carbocycles. The number of halogens is 1. The Morgan fingerprint density at radius 2 is 2.06 bits per heavy atom. The fourth-order valence-electron chi connectivity index (χ4n) is 1.49. The zero-order valence-corrected chi connectivity index (χ0v) is 9.70. The van der Waals surface area contributed by atoms with Gasteiger partial charge in [0.1, 0.15) is 5.82 Å². The summed E-state index contributed by atoms with van der Waals surface area (Å²) < 4.78 is 13.3. The van der Waals surface area contributed by atoms with Crippen molar-refractivity contribution in [3.8, 4) is 6.07 Å². The summed E-state index contributed by atoms with van der Waals surface area (Å²) >= 11 is 0. The van der Waals surface area contributed by atoms with Crippen molar-refractivity contribution in [1.29, 1.82) is 5.26 Å². The van der Waals surface area contributed by atoms with Gasteiger partial charge >= 0.3 is 0 Å². The number of benzene rings is 1. The van der Waals surface area contributed by atoms with Crippen LogP contribution in [0.1, 0.15) is 19.4 Å². The second-order valence-corrected chi connectivity index (χ2v) is 4.15. The smallest absolute Gasteiger partial charge is 0.126 e. The molecular weight excluding hydrogens is 203 g/mol. The quantitative estimate of drug-likeness (QED) is 0.827. The molecule has 3 heteroatoms. The zero-order valence-electron chi connectivity index (χ0n) is 9.70. The van der Waals surface area contributed by atoms with Gasteiger partial charge in [-0.15, -0.1) is 0 Å². The molecule has 0 fully saturated rings. The molecule has 1 atom stereocenters. The molecule has 0 amide bonds. The molecular formula is C13H17FN2. The van der Waals surface area contributed by atoms with Gasteiger partial charge in [0.25, 0.3) is 0 Å². The third-order valence-electron chi connectivity index (χ3n) is 2.52. The summed E-state index contributed by atoms with van der Waals surface area (Å²) in [7, 11) is 0. The molecule has 0 heterocycles. The van der Waals surface area contributed by atoms with Crippen LogP contribution in [0.15, 0.2) is 24.3 Å². The maximum Gasteiger partial charge on any atom is 0.126 e. The summed E-state index contributed by atoms with van der Waals surface area (Å²) in [6.07, 6.45) is 0.609. The molecule has 0 aliphatic rings. The third-order valence-corrected chi connectivity index (χ3v) is 2.52. The first-order valence-corrected chi connectivity index (χ1v) is 5.51. The molecule has 1 aromatic carbocycles. The molecule has 1 unspecified atom stereocenters. The minimum Gasteiger partial charge on any atom is -0.301 e. The van der Waals surface area contributed by atoms with E-state index in [1.807, 2.05) is 19.9 Å². The molecule has 0 aromatic heterocycles. The molecule has 0 spiro atoms. The number of hydrogen-bond donors (Lipinski definition) is 1. The van der Waals surface area contributed by atoms with Gasteiger partial charge in [-0.1, -0.05) is 32.0 Å². The van der Waals surface area contributed by atoms with Crippen LogP contribution in [0.5, 0.6) is 0 Å². The van der Waals surface area contributed by atoms with Gasteiger partial charge in [-0.3, -0.25) is 0 Å². The van der Waals surface area contributed by atoms with Gasteiger partial charge in [0.15, 0.2) is 0 Å². The highest BCUT2D eigenvalue weighted by Gasteiger charge is 2.10. The fraction of sp³-hybridized carbons (Fsp3) is 0.462. The number of nitrogens with zero attached hydrogens (tertiary/aromatic N) is 1. The maximum atomic E-state index is 13.3. The molecule has 0 radical (unpaired) electrons. The van der Waals surface area contributed by atoms with Crippen LogP contribution >= 0.6 is 0 Å². The number of hydrogen-bond acceptors (Lipinski definition) is 2. The van der Waals surface area contributed by atoms with E-state index in [0.29, 0.717) is 18.5 Å². The molecule has 0 saturated carbocycles. The lowest BCUT2D eigenvalue weighted by molar-refractivity contribution is 0.472. The Balaban J connectivity index is 2.42. The van der Waals surface area contributed by atoms with Crippen molar-refractivity contribution < 1.29 is 4.39 Å². The van der Waals surface area contributed by atoms with E-state index >= 15 is 0 Å². The normalized spacial score (nSPS) is 12.4. The van der Waals surface area contributed by atoms with E-state index in [0.717, 1.165) is 0 Å². The van der Waals surface area contributed by atoms with Crippen LogP contribution in [-0.2, 0) is 6.42 Å². The molecule has 0 aliphatic heterocycles. The molecule has 0 bridgehead atoms. The Kier molecular flexibility index (Phi) is 4.94. The lowest BCUT2D eigenvalue weighted by Gasteiger charge is -2.14. The van der Waals surface area contributed by atoms with Gasteiger partial charge in [-0.05, 0) is 24.0 Å². The number of nitriles is 1. The highest BCUT2D eigenvalue weighted by atomic mass is 19.1. The largest absolute Gasteiger partial charge is 0.301 e. The van der Waals surface area contributed by atoms with Crippen LogP contribution in [0.2, 0.25) is 0 Å². The maximum absolute atomic E-state index is 13.3. The van der Waals surface area contributed by atoms with Gasteiger partial charge in [0.2, 0.25) is 0 Å². The van der Waals surface area contributed by atoms with E-state index in [1.165, 1.54) is 6.07 Å². The van der Waals surface area contributed by atoms with Crippen molar-refractivity contribution in [2.75, 3.05) is 6.54 Å². The van der Waals surface area contributed by atoms with E-state index in [4.69, 9.17) is 5.26 Å². The van der Waals surface area contributed by atoms with Crippen molar-refractivity contribution in [2.24, 2.45) is 5.92 Å². The summed E-state index contributed by atoms with van der Waals surface area (Å²) in [6.45, 7) is 4.60. The van der Waals surface area contributed by atoms with Crippen LogP contribution < -0.4 is 5.32 Å². The van der Waals surface area contributed by atoms with Crippen molar-refractivity contribution in [2.45, 2.75) is 26.3 Å². The minimum atomic E-state index is -0.178. The number of nitrogens with one attached hydrogen (secondary N) is 1. The summed E-state index contributed by atoms with van der Waals surface area (Å²) in [6, 6.07) is 8.77. The summed E-state index contributed by atoms with van der Waals surface area (Å²) in [5.74, 6) is 0.0907. The Labute approximate surface area is 96.1 Å². The van der Waals surface area contributed by atoms with E-state index < -0.39 is 0 Å². The van der Waals surface area contributed by atoms with Crippen LogP contribution in [0, 0.1) is 23.1 Å². The first-order valence-electron chi connectivity index (χ1n) is 5.51. The van der Waals surface area contributed by atoms with E-state index in [1.54, 1.807) is 12.1 Å². The lowest BCUT2D eigenvalue weighted by atomic mass is 10.1. The van der Waals surface area contributed by atoms with Crippen LogP contribution in [-0.4, -0.2) is 12.6 Å². The Hall–Kier alpha value is -1.40. The molecule has 2 nitrogen and oxygen atoms in total. The molecule has 1 rings (SSSR count).